The van der Waals surface area contributed by atoms with Crippen LogP contribution in [0.2, 0.25) is 0 Å². The van der Waals surface area contributed by atoms with Gasteiger partial charge in [0.2, 0.25) is 11.4 Å². The molecule has 2 amide bonds. The fourth-order valence-corrected chi connectivity index (χ4v) is 7.32. The highest BCUT2D eigenvalue weighted by Crippen LogP contribution is 2.69. The van der Waals surface area contributed by atoms with Crippen molar-refractivity contribution in [1.29, 1.82) is 0 Å². The number of nitrogens with one attached hydrogen (secondary N) is 2. The highest BCUT2D eigenvalue weighted by Gasteiger charge is 2.51. The van der Waals surface area contributed by atoms with Crippen LogP contribution in [0.4, 0.5) is 4.79 Å². The number of amides is 2. The van der Waals surface area contributed by atoms with Crippen molar-refractivity contribution >= 4 is 27.2 Å². The summed E-state index contributed by atoms with van der Waals surface area (Å²) in [5, 5.41) is 4.99. The summed E-state index contributed by atoms with van der Waals surface area (Å²) in [6.07, 6.45) is -0.387. The van der Waals surface area contributed by atoms with Crippen LogP contribution >= 0.6 is 15.2 Å². The molecule has 0 aromatic rings. The van der Waals surface area contributed by atoms with Gasteiger partial charge in [-0.3, -0.25) is 13.9 Å². The van der Waals surface area contributed by atoms with Crippen LogP contribution in [-0.2, 0) is 36.8 Å². The Hall–Kier alpha value is -0.960. The van der Waals surface area contributed by atoms with Crippen LogP contribution in [0.1, 0.15) is 61.3 Å². The molecule has 0 fully saturated rings. The van der Waals surface area contributed by atoms with Gasteiger partial charge in [0, 0.05) is 13.0 Å². The molecule has 2 N–H and O–H groups in total. The number of alkyl carbamates (subject to hydrolysis) is 1. The first-order valence-electron chi connectivity index (χ1n) is 10.4. The van der Waals surface area contributed by atoms with Crippen LogP contribution in [0, 0.1) is 0 Å². The fourth-order valence-electron chi connectivity index (χ4n) is 2.38. The van der Waals surface area contributed by atoms with Gasteiger partial charge in [-0.15, -0.1) is 0 Å². The van der Waals surface area contributed by atoms with Crippen molar-refractivity contribution < 1.29 is 41.6 Å². The Morgan fingerprint density at radius 1 is 0.839 bits per heavy atom. The molecule has 0 heterocycles. The van der Waals surface area contributed by atoms with E-state index in [1.54, 1.807) is 48.5 Å². The van der Waals surface area contributed by atoms with Crippen molar-refractivity contribution in [2.24, 2.45) is 0 Å². The molecule has 0 aliphatic carbocycles. The molecule has 0 aromatic carbocycles. The topological polar surface area (TPSA) is 138 Å². The average molecular weight is 488 g/mol. The van der Waals surface area contributed by atoms with Crippen LogP contribution < -0.4 is 10.6 Å². The summed E-state index contributed by atoms with van der Waals surface area (Å²) >= 11 is 0. The first kappa shape index (κ1) is 30.0. The predicted molar refractivity (Wildman–Crippen MR) is 117 cm³/mol. The summed E-state index contributed by atoms with van der Waals surface area (Å²) < 4.78 is 52.9. The lowest BCUT2D eigenvalue weighted by atomic mass is 10.2. The molecule has 184 valence electrons. The summed E-state index contributed by atoms with van der Waals surface area (Å²) in [6.45, 7) is 11.8. The van der Waals surface area contributed by atoms with E-state index in [2.05, 4.69) is 10.6 Å². The van der Waals surface area contributed by atoms with Crippen LogP contribution in [-0.4, -0.2) is 56.1 Å². The third-order valence-electron chi connectivity index (χ3n) is 3.37. The third kappa shape index (κ3) is 11.5. The zero-order chi connectivity index (χ0) is 24.1. The van der Waals surface area contributed by atoms with E-state index in [9.17, 15) is 18.7 Å². The van der Waals surface area contributed by atoms with E-state index in [1.165, 1.54) is 0 Å². The number of carbonyl (C=O) groups excluding carboxylic acids is 2. The Morgan fingerprint density at radius 3 is 1.61 bits per heavy atom. The zero-order valence-electron chi connectivity index (χ0n) is 19.6. The summed E-state index contributed by atoms with van der Waals surface area (Å²) in [5.41, 5.74) is -2.25. The van der Waals surface area contributed by atoms with Gasteiger partial charge in [0.1, 0.15) is 5.60 Å². The molecule has 0 radical (unpaired) electrons. The standard InChI is InChI=1S/C18H38N2O9P2/c1-8-25-30(23,26-9-2)17(31(24,27-10-3)28-11-4)20-15(21)13-12-14-19-16(22)29-18(5,6)7/h17H,8-14H2,1-7H3,(H,19,22)(H,20,21). The van der Waals surface area contributed by atoms with Crippen molar-refractivity contribution in [3.8, 4) is 0 Å². The first-order valence-corrected chi connectivity index (χ1v) is 13.6. The van der Waals surface area contributed by atoms with Gasteiger partial charge in [0.05, 0.1) is 26.4 Å². The van der Waals surface area contributed by atoms with Gasteiger partial charge in [-0.25, -0.2) is 4.79 Å². The average Bonchev–Trinajstić information content (AvgIpc) is 2.62. The van der Waals surface area contributed by atoms with Crippen molar-refractivity contribution in [1.82, 2.24) is 10.6 Å². The van der Waals surface area contributed by atoms with Gasteiger partial charge in [0.25, 0.3) is 0 Å². The SMILES string of the molecule is CCOP(=O)(OCC)C(NC(=O)CCCNC(=O)OC(C)(C)C)P(=O)(OCC)OCC. The molecule has 11 nitrogen and oxygen atoms in total. The monoisotopic (exact) mass is 488 g/mol. The molecule has 0 spiro atoms. The van der Waals surface area contributed by atoms with Crippen molar-refractivity contribution in [3.05, 3.63) is 0 Å². The van der Waals surface area contributed by atoms with Crippen LogP contribution in [0.15, 0.2) is 0 Å². The molecular weight excluding hydrogens is 450 g/mol. The zero-order valence-corrected chi connectivity index (χ0v) is 21.4. The van der Waals surface area contributed by atoms with E-state index in [0.717, 1.165) is 0 Å². The van der Waals surface area contributed by atoms with Gasteiger partial charge in [-0.2, -0.15) is 0 Å². The predicted octanol–water partition coefficient (Wildman–Crippen LogP) is 4.22. The van der Waals surface area contributed by atoms with E-state index in [0.29, 0.717) is 0 Å². The van der Waals surface area contributed by atoms with E-state index >= 15 is 0 Å². The Kier molecular flexibility index (Phi) is 13.8. The minimum absolute atomic E-state index is 0.00169. The van der Waals surface area contributed by atoms with E-state index < -0.39 is 38.3 Å². The lowest BCUT2D eigenvalue weighted by Crippen LogP contribution is -2.37. The molecule has 0 aromatic heterocycles. The maximum absolute atomic E-state index is 13.3. The second-order valence-electron chi connectivity index (χ2n) is 7.22. The maximum atomic E-state index is 13.3. The smallest absolute Gasteiger partial charge is 0.407 e. The van der Waals surface area contributed by atoms with Crippen LogP contribution in [0.5, 0.6) is 0 Å². The maximum Gasteiger partial charge on any atom is 0.407 e. The number of hydrogen-bond acceptors (Lipinski definition) is 9. The Balaban J connectivity index is 5.27. The summed E-state index contributed by atoms with van der Waals surface area (Å²) in [7, 11) is -8.15. The highest BCUT2D eigenvalue weighted by atomic mass is 31.2. The quantitative estimate of drug-likeness (QED) is 0.256. The molecule has 13 heteroatoms. The molecule has 0 atom stereocenters. The highest BCUT2D eigenvalue weighted by molar-refractivity contribution is 7.72. The lowest BCUT2D eigenvalue weighted by Gasteiger charge is -2.31. The van der Waals surface area contributed by atoms with Crippen molar-refractivity contribution in [2.45, 2.75) is 72.4 Å². The van der Waals surface area contributed by atoms with Gasteiger partial charge >= 0.3 is 21.3 Å². The summed E-state index contributed by atoms with van der Waals surface area (Å²) in [5.74, 6) is -0.574. The lowest BCUT2D eigenvalue weighted by molar-refractivity contribution is -0.121. The van der Waals surface area contributed by atoms with Gasteiger partial charge < -0.3 is 33.5 Å². The number of ether oxygens (including phenoxy) is 1. The van der Waals surface area contributed by atoms with Crippen LogP contribution in [0.25, 0.3) is 0 Å². The Morgan fingerprint density at radius 2 is 1.26 bits per heavy atom. The normalized spacial score (nSPS) is 12.6. The molecule has 0 saturated heterocycles. The summed E-state index contributed by atoms with van der Waals surface area (Å²) in [6, 6.07) is 0. The molecule has 0 aliphatic rings. The van der Waals surface area contributed by atoms with E-state index in [4.69, 9.17) is 22.8 Å². The molecule has 0 saturated carbocycles. The van der Waals surface area contributed by atoms with Crippen LogP contribution in [0.3, 0.4) is 0 Å². The minimum atomic E-state index is -4.08. The van der Waals surface area contributed by atoms with E-state index in [-0.39, 0.29) is 45.8 Å². The molecule has 31 heavy (non-hydrogen) atoms. The van der Waals surface area contributed by atoms with Gasteiger partial charge in [-0.1, -0.05) is 0 Å². The van der Waals surface area contributed by atoms with Crippen molar-refractivity contribution in [3.63, 3.8) is 0 Å². The largest absolute Gasteiger partial charge is 0.444 e. The van der Waals surface area contributed by atoms with E-state index in [1.807, 2.05) is 0 Å². The Bertz CT molecular complexity index is 602. The number of carbonyl (C=O) groups is 2. The molecule has 0 unspecified atom stereocenters. The Labute approximate surface area is 185 Å². The first-order chi connectivity index (χ1) is 14.4. The molecular formula is C18H38N2O9P2. The van der Waals surface area contributed by atoms with Gasteiger partial charge in [0.15, 0.2) is 0 Å². The summed E-state index contributed by atoms with van der Waals surface area (Å²) in [4.78, 5) is 24.2. The fraction of sp³-hybridized carbons (Fsp3) is 0.889. The van der Waals surface area contributed by atoms with Crippen molar-refractivity contribution in [2.75, 3.05) is 33.0 Å². The molecule has 0 aliphatic heterocycles. The third-order valence-corrected chi connectivity index (χ3v) is 9.00. The number of hydrogen-bond donors (Lipinski definition) is 2. The molecule has 0 rings (SSSR count). The second-order valence-corrected chi connectivity index (χ2v) is 11.9. The second kappa shape index (κ2) is 14.2. The minimum Gasteiger partial charge on any atom is -0.444 e. The van der Waals surface area contributed by atoms with Gasteiger partial charge in [-0.05, 0) is 54.9 Å². The number of rotatable bonds is 15. The molecule has 0 bridgehead atoms.